The minimum atomic E-state index is -0.745. The summed E-state index contributed by atoms with van der Waals surface area (Å²) in [5.74, 6) is -0.102. The zero-order chi connectivity index (χ0) is 30.2. The number of carboxylic acid groups (broad SMARTS) is 1. The average molecular weight is 573 g/mol. The van der Waals surface area contributed by atoms with Gasteiger partial charge in [-0.15, -0.1) is 0 Å². The Bertz CT molecular complexity index is 1620. The van der Waals surface area contributed by atoms with E-state index in [1.807, 2.05) is 0 Å². The van der Waals surface area contributed by atoms with E-state index in [1.165, 1.54) is 38.9 Å². The predicted octanol–water partition coefficient (Wildman–Crippen LogP) is 9.45. The van der Waals surface area contributed by atoms with Crippen LogP contribution in [0.25, 0.3) is 10.9 Å². The number of hydrogen-bond acceptors (Lipinski definition) is 2. The third-order valence-electron chi connectivity index (χ3n) is 8.26. The second-order valence-electron chi connectivity index (χ2n) is 12.1. The number of aliphatic carboxylic acids is 1. The summed E-state index contributed by atoms with van der Waals surface area (Å²) < 4.78 is 2.22. The van der Waals surface area contributed by atoms with E-state index < -0.39 is 5.97 Å². The molecule has 0 aliphatic carbocycles. The van der Waals surface area contributed by atoms with Crippen LogP contribution in [0.1, 0.15) is 73.9 Å². The average Bonchev–Trinajstić information content (AvgIpc) is 3.35. The van der Waals surface area contributed by atoms with Gasteiger partial charge < -0.3 is 14.6 Å². The molecule has 1 N–H and O–H groups in total. The lowest BCUT2D eigenvalue weighted by molar-refractivity contribution is -0.137. The maximum absolute atomic E-state index is 11.1. The largest absolute Gasteiger partial charge is 0.481 e. The van der Waals surface area contributed by atoms with E-state index in [2.05, 4.69) is 140 Å². The number of fused-ring (bicyclic) bond motifs is 1. The van der Waals surface area contributed by atoms with Crippen molar-refractivity contribution in [1.29, 1.82) is 0 Å². The molecule has 0 aliphatic rings. The summed E-state index contributed by atoms with van der Waals surface area (Å²) in [6.45, 7) is 8.36. The highest BCUT2D eigenvalue weighted by Crippen LogP contribution is 2.33. The molecule has 5 rings (SSSR count). The van der Waals surface area contributed by atoms with Crippen molar-refractivity contribution in [2.75, 3.05) is 4.90 Å². The number of aryl methyl sites for hydroxylation is 1. The van der Waals surface area contributed by atoms with Crippen molar-refractivity contribution >= 4 is 22.6 Å². The topological polar surface area (TPSA) is 45.5 Å². The third kappa shape index (κ3) is 7.75. The summed E-state index contributed by atoms with van der Waals surface area (Å²) in [5, 5.41) is 10.4. The smallest absolute Gasteiger partial charge is 0.303 e. The fraction of sp³-hybridized carbons (Fsp3) is 0.308. The van der Waals surface area contributed by atoms with Crippen LogP contribution in [-0.4, -0.2) is 15.6 Å². The molecule has 5 aromatic rings. The second kappa shape index (κ2) is 14.2. The summed E-state index contributed by atoms with van der Waals surface area (Å²) >= 11 is 0. The van der Waals surface area contributed by atoms with Crippen molar-refractivity contribution in [2.24, 2.45) is 5.92 Å². The molecule has 4 aromatic carbocycles. The number of aromatic nitrogens is 1. The van der Waals surface area contributed by atoms with Gasteiger partial charge in [0.2, 0.25) is 0 Å². The van der Waals surface area contributed by atoms with E-state index in [9.17, 15) is 4.79 Å². The van der Waals surface area contributed by atoms with Gasteiger partial charge in [0.1, 0.15) is 0 Å². The van der Waals surface area contributed by atoms with Crippen molar-refractivity contribution < 1.29 is 9.90 Å². The van der Waals surface area contributed by atoms with Gasteiger partial charge in [0.15, 0.2) is 0 Å². The van der Waals surface area contributed by atoms with Gasteiger partial charge in [0, 0.05) is 42.3 Å². The number of para-hydroxylation sites is 1. The highest BCUT2D eigenvalue weighted by molar-refractivity contribution is 5.84. The van der Waals surface area contributed by atoms with Gasteiger partial charge in [-0.1, -0.05) is 106 Å². The van der Waals surface area contributed by atoms with Crippen LogP contribution in [0.3, 0.4) is 0 Å². The fourth-order valence-electron chi connectivity index (χ4n) is 6.26. The maximum atomic E-state index is 11.1. The van der Waals surface area contributed by atoms with E-state index in [4.69, 9.17) is 5.11 Å². The molecule has 43 heavy (non-hydrogen) atoms. The van der Waals surface area contributed by atoms with Crippen molar-refractivity contribution in [2.45, 2.75) is 72.0 Å². The van der Waals surface area contributed by atoms with Crippen LogP contribution in [0.15, 0.2) is 109 Å². The first-order valence-corrected chi connectivity index (χ1v) is 15.7. The molecular formula is C39H44N2O2. The fourth-order valence-corrected chi connectivity index (χ4v) is 6.26. The van der Waals surface area contributed by atoms with E-state index in [0.29, 0.717) is 18.9 Å². The van der Waals surface area contributed by atoms with Crippen molar-refractivity contribution in [1.82, 2.24) is 4.57 Å². The van der Waals surface area contributed by atoms with Gasteiger partial charge in [-0.25, -0.2) is 0 Å². The minimum Gasteiger partial charge on any atom is -0.481 e. The van der Waals surface area contributed by atoms with Gasteiger partial charge >= 0.3 is 5.97 Å². The Morgan fingerprint density at radius 1 is 0.837 bits per heavy atom. The maximum Gasteiger partial charge on any atom is 0.303 e. The molecule has 4 nitrogen and oxygen atoms in total. The zero-order valence-electron chi connectivity index (χ0n) is 25.7. The summed E-state index contributed by atoms with van der Waals surface area (Å²) in [4.78, 5) is 13.7. The van der Waals surface area contributed by atoms with E-state index in [-0.39, 0.29) is 12.5 Å². The highest BCUT2D eigenvalue weighted by atomic mass is 16.4. The predicted molar refractivity (Wildman–Crippen MR) is 179 cm³/mol. The van der Waals surface area contributed by atoms with Crippen molar-refractivity contribution in [3.63, 3.8) is 0 Å². The molecule has 0 fully saturated rings. The zero-order valence-corrected chi connectivity index (χ0v) is 25.7. The molecule has 0 radical (unpaired) electrons. The number of hydrogen-bond donors (Lipinski definition) is 1. The van der Waals surface area contributed by atoms with Gasteiger partial charge in [-0.3, -0.25) is 4.79 Å². The first-order chi connectivity index (χ1) is 20.9. The molecule has 0 saturated heterocycles. The second-order valence-corrected chi connectivity index (χ2v) is 12.1. The molecule has 0 spiro atoms. The Hall–Kier alpha value is -4.31. The summed E-state index contributed by atoms with van der Waals surface area (Å²) in [7, 11) is 0. The highest BCUT2D eigenvalue weighted by Gasteiger charge is 2.21. The van der Waals surface area contributed by atoms with Crippen LogP contribution < -0.4 is 4.90 Å². The number of anilines is 1. The summed E-state index contributed by atoms with van der Waals surface area (Å²) in [6, 6.07) is 37.8. The lowest BCUT2D eigenvalue weighted by Gasteiger charge is -2.34. The van der Waals surface area contributed by atoms with E-state index in [1.54, 1.807) is 0 Å². The molecule has 1 unspecified atom stereocenters. The Labute approximate surface area is 256 Å². The standard InChI is InChI=1S/C39H44N2O2/c1-4-37(33-21-19-30(20-22-33)24-29(2)3)41(27-31-12-6-5-7-13-31)35-15-10-14-32(26-35)25-34-28-40(23-11-18-39(42)43)38-17-9-8-16-36(34)38/h5-10,12-17,19-22,26,28-29,37H,4,11,18,23-25,27H2,1-3H3,(H,42,43). The lowest BCUT2D eigenvalue weighted by Crippen LogP contribution is -2.28. The molecular weight excluding hydrogens is 528 g/mol. The Kier molecular flexibility index (Phi) is 9.99. The number of carbonyl (C=O) groups is 1. The van der Waals surface area contributed by atoms with Gasteiger partial charge in [-0.2, -0.15) is 0 Å². The van der Waals surface area contributed by atoms with Crippen LogP contribution in [0.5, 0.6) is 0 Å². The third-order valence-corrected chi connectivity index (χ3v) is 8.26. The van der Waals surface area contributed by atoms with Crippen molar-refractivity contribution in [3.8, 4) is 0 Å². The first-order valence-electron chi connectivity index (χ1n) is 15.7. The first kappa shape index (κ1) is 30.2. The molecule has 222 valence electrons. The Morgan fingerprint density at radius 3 is 2.28 bits per heavy atom. The summed E-state index contributed by atoms with van der Waals surface area (Å²) in [6.07, 6.45) is 5.94. The molecule has 0 saturated carbocycles. The molecule has 0 bridgehead atoms. The number of nitrogens with zero attached hydrogens (tertiary/aromatic N) is 2. The van der Waals surface area contributed by atoms with Crippen LogP contribution in [0, 0.1) is 5.92 Å². The molecule has 0 aliphatic heterocycles. The number of benzene rings is 4. The Morgan fingerprint density at radius 2 is 1.56 bits per heavy atom. The number of rotatable bonds is 14. The Balaban J connectivity index is 1.46. The van der Waals surface area contributed by atoms with Crippen molar-refractivity contribution in [3.05, 3.63) is 137 Å². The van der Waals surface area contributed by atoms with Crippen LogP contribution in [-0.2, 0) is 30.7 Å². The van der Waals surface area contributed by atoms with E-state index in [0.717, 1.165) is 31.3 Å². The van der Waals surface area contributed by atoms with Gasteiger partial charge in [0.05, 0.1) is 6.04 Å². The lowest BCUT2D eigenvalue weighted by atomic mass is 9.96. The molecule has 4 heteroatoms. The minimum absolute atomic E-state index is 0.181. The van der Waals surface area contributed by atoms with E-state index >= 15 is 0 Å². The molecule has 1 heterocycles. The van der Waals surface area contributed by atoms with Crippen LogP contribution >= 0.6 is 0 Å². The monoisotopic (exact) mass is 572 g/mol. The quantitative estimate of drug-likeness (QED) is 0.144. The van der Waals surface area contributed by atoms with Crippen LogP contribution in [0.4, 0.5) is 5.69 Å². The molecule has 0 amide bonds. The normalized spacial score (nSPS) is 12.1. The molecule has 1 atom stereocenters. The SMILES string of the molecule is CCC(c1ccc(CC(C)C)cc1)N(Cc1ccccc1)c1cccc(Cc2cn(CCCC(=O)O)c3ccccc23)c1. The van der Waals surface area contributed by atoms with Gasteiger partial charge in [0.25, 0.3) is 0 Å². The molecule has 1 aromatic heterocycles. The van der Waals surface area contributed by atoms with Gasteiger partial charge in [-0.05, 0) is 77.6 Å². The summed E-state index contributed by atoms with van der Waals surface area (Å²) in [5.41, 5.74) is 8.97. The van der Waals surface area contributed by atoms with Crippen LogP contribution in [0.2, 0.25) is 0 Å². The number of carboxylic acids is 1.